The topological polar surface area (TPSA) is 119 Å². The zero-order valence-electron chi connectivity index (χ0n) is 19.7. The molecule has 34 heavy (non-hydrogen) atoms. The van der Waals surface area contributed by atoms with Crippen LogP contribution in [0.25, 0.3) is 0 Å². The van der Waals surface area contributed by atoms with Crippen LogP contribution in [0.15, 0.2) is 27.6 Å². The predicted molar refractivity (Wildman–Crippen MR) is 118 cm³/mol. The molecule has 0 radical (unpaired) electrons. The van der Waals surface area contributed by atoms with Crippen LogP contribution in [0.5, 0.6) is 0 Å². The van der Waals surface area contributed by atoms with Gasteiger partial charge >= 0.3 is 5.63 Å². The van der Waals surface area contributed by atoms with E-state index >= 15 is 0 Å². The summed E-state index contributed by atoms with van der Waals surface area (Å²) in [6.45, 7) is 3.73. The predicted octanol–water partition coefficient (Wildman–Crippen LogP) is 2.04. The maximum atomic E-state index is 12.5. The molecule has 4 aliphatic carbocycles. The molecule has 1 aromatic rings. The van der Waals surface area contributed by atoms with Crippen molar-refractivity contribution in [2.24, 2.45) is 22.7 Å². The average molecular weight is 475 g/mol. The molecule has 7 fully saturated rings. The summed E-state index contributed by atoms with van der Waals surface area (Å²) in [4.78, 5) is 11.5. The number of hydrogen-bond donors (Lipinski definition) is 3. The standard InChI is InChI=1S/C26H34O8/c1-22-11-18(28)21-17(26(22,30)8-6-16(22)14-3-4-20(29)31-12-14)5-7-24-10-15-9-19(25(21,24)13-27)33-23(2,32-15)34-24/h3-4,12,15-19,21,27-28,30H,5-11,13H2,1-2H3/t15-,16+,17+,18+,19+,21+,22+,23+,24-,25+,26-/m0/s1. The van der Waals surface area contributed by atoms with E-state index in [1.807, 2.05) is 6.92 Å². The van der Waals surface area contributed by atoms with Crippen molar-refractivity contribution in [2.75, 3.05) is 6.61 Å². The molecule has 0 unspecified atom stereocenters. The Balaban J connectivity index is 1.32. The molecule has 1 aromatic heterocycles. The first-order valence-corrected chi connectivity index (χ1v) is 12.8. The fourth-order valence-electron chi connectivity index (χ4n) is 9.95. The summed E-state index contributed by atoms with van der Waals surface area (Å²) in [5.41, 5.74) is -2.53. The molecular formula is C26H34O8. The minimum Gasteiger partial charge on any atom is -0.431 e. The van der Waals surface area contributed by atoms with Crippen molar-refractivity contribution in [3.8, 4) is 0 Å². The van der Waals surface area contributed by atoms with Gasteiger partial charge in [-0.15, -0.1) is 0 Å². The van der Waals surface area contributed by atoms with Gasteiger partial charge in [-0.3, -0.25) is 0 Å². The molecule has 1 spiro atoms. The van der Waals surface area contributed by atoms with Crippen molar-refractivity contribution in [1.29, 1.82) is 0 Å². The average Bonchev–Trinajstić information content (AvgIpc) is 3.04. The molecule has 8 heteroatoms. The fourth-order valence-corrected chi connectivity index (χ4v) is 9.95. The van der Waals surface area contributed by atoms with E-state index in [-0.39, 0.29) is 36.6 Å². The first-order chi connectivity index (χ1) is 16.1. The summed E-state index contributed by atoms with van der Waals surface area (Å²) in [7, 11) is 0. The maximum Gasteiger partial charge on any atom is 0.335 e. The van der Waals surface area contributed by atoms with Crippen LogP contribution in [0.3, 0.4) is 0 Å². The van der Waals surface area contributed by atoms with Crippen LogP contribution in [0.1, 0.15) is 70.3 Å². The van der Waals surface area contributed by atoms with E-state index in [1.165, 1.54) is 12.3 Å². The van der Waals surface area contributed by atoms with Gasteiger partial charge < -0.3 is 33.9 Å². The van der Waals surface area contributed by atoms with Crippen LogP contribution in [0, 0.1) is 22.7 Å². The van der Waals surface area contributed by atoms with E-state index in [0.29, 0.717) is 38.5 Å². The lowest BCUT2D eigenvalue weighted by molar-refractivity contribution is -0.554. The third kappa shape index (κ3) is 2.34. The number of aliphatic hydroxyl groups excluding tert-OH is 2. The summed E-state index contributed by atoms with van der Waals surface area (Å²) in [5.74, 6) is -1.68. The molecule has 7 aliphatic rings. The van der Waals surface area contributed by atoms with Crippen LogP contribution in [0.2, 0.25) is 0 Å². The monoisotopic (exact) mass is 474 g/mol. The number of rotatable bonds is 2. The molecule has 3 N–H and O–H groups in total. The first-order valence-electron chi connectivity index (χ1n) is 12.8. The van der Waals surface area contributed by atoms with Gasteiger partial charge in [0.2, 0.25) is 0 Å². The number of fused-ring (bicyclic) bond motifs is 3. The summed E-state index contributed by atoms with van der Waals surface area (Å²) in [6.07, 6.45) is 5.01. The molecule has 4 bridgehead atoms. The Kier molecular flexibility index (Phi) is 4.21. The van der Waals surface area contributed by atoms with Crippen LogP contribution in [-0.4, -0.2) is 57.4 Å². The number of hydrogen-bond acceptors (Lipinski definition) is 8. The quantitative estimate of drug-likeness (QED) is 0.596. The SMILES string of the molecule is C[C@@]12O[C@H]3C[C@@H](O1)[C@]1(CO)[C@H]4[C@H](O)C[C@]5(C)[C@@H](c6ccc(=O)oc6)CC[C@]5(O)[C@@H]4CC[C@@]1(C3)O2. The second-order valence-electron chi connectivity index (χ2n) is 12.2. The molecule has 4 saturated carbocycles. The normalized spacial score (nSPS) is 57.2. The molecule has 11 atom stereocenters. The molecular weight excluding hydrogens is 440 g/mol. The number of aliphatic hydroxyl groups is 3. The molecule has 4 heterocycles. The highest BCUT2D eigenvalue weighted by Crippen LogP contribution is 2.74. The molecule has 0 amide bonds. The van der Waals surface area contributed by atoms with E-state index in [9.17, 15) is 20.1 Å². The summed E-state index contributed by atoms with van der Waals surface area (Å²) < 4.78 is 24.0. The van der Waals surface area contributed by atoms with Gasteiger partial charge in [0, 0.05) is 37.2 Å². The fraction of sp³-hybridized carbons (Fsp3) is 0.808. The first kappa shape index (κ1) is 21.9. The minimum absolute atomic E-state index is 0.0198. The van der Waals surface area contributed by atoms with Crippen molar-refractivity contribution in [2.45, 2.75) is 100 Å². The van der Waals surface area contributed by atoms with Crippen LogP contribution in [0.4, 0.5) is 0 Å². The Hall–Kier alpha value is -1.29. The lowest BCUT2D eigenvalue weighted by atomic mass is 9.39. The molecule has 0 aromatic carbocycles. The maximum absolute atomic E-state index is 12.5. The van der Waals surface area contributed by atoms with Crippen molar-refractivity contribution < 1.29 is 33.9 Å². The number of ether oxygens (including phenoxy) is 3. The zero-order chi connectivity index (χ0) is 23.7. The summed E-state index contributed by atoms with van der Waals surface area (Å²) >= 11 is 0. The Morgan fingerprint density at radius 3 is 2.65 bits per heavy atom. The Morgan fingerprint density at radius 1 is 1.12 bits per heavy atom. The molecule has 3 saturated heterocycles. The third-order valence-corrected chi connectivity index (χ3v) is 11.1. The molecule has 8 rings (SSSR count). The van der Waals surface area contributed by atoms with Crippen molar-refractivity contribution in [3.63, 3.8) is 0 Å². The van der Waals surface area contributed by atoms with Crippen molar-refractivity contribution >= 4 is 0 Å². The highest BCUT2D eigenvalue weighted by Gasteiger charge is 2.80. The van der Waals surface area contributed by atoms with E-state index in [0.717, 1.165) is 12.0 Å². The van der Waals surface area contributed by atoms with Crippen LogP contribution < -0.4 is 5.63 Å². The Bertz CT molecular complexity index is 1070. The molecule has 186 valence electrons. The van der Waals surface area contributed by atoms with Gasteiger partial charge in [-0.25, -0.2) is 4.79 Å². The molecule has 3 aliphatic heterocycles. The highest BCUT2D eigenvalue weighted by atomic mass is 16.9. The van der Waals surface area contributed by atoms with Gasteiger partial charge in [-0.05, 0) is 55.6 Å². The lowest BCUT2D eigenvalue weighted by Gasteiger charge is -2.75. The van der Waals surface area contributed by atoms with E-state index in [4.69, 9.17) is 18.6 Å². The van der Waals surface area contributed by atoms with Crippen molar-refractivity contribution in [3.05, 3.63) is 34.4 Å². The van der Waals surface area contributed by atoms with Crippen LogP contribution in [-0.2, 0) is 14.2 Å². The summed E-state index contributed by atoms with van der Waals surface area (Å²) in [5, 5.41) is 35.3. The van der Waals surface area contributed by atoms with Gasteiger partial charge in [0.05, 0.1) is 47.8 Å². The smallest absolute Gasteiger partial charge is 0.335 e. The second kappa shape index (κ2) is 6.52. The third-order valence-electron chi connectivity index (χ3n) is 11.1. The Morgan fingerprint density at radius 2 is 1.94 bits per heavy atom. The Labute approximate surface area is 198 Å². The highest BCUT2D eigenvalue weighted by molar-refractivity contribution is 5.30. The second-order valence-corrected chi connectivity index (χ2v) is 12.2. The van der Waals surface area contributed by atoms with E-state index in [1.54, 1.807) is 6.07 Å². The van der Waals surface area contributed by atoms with Gasteiger partial charge in [-0.2, -0.15) is 0 Å². The van der Waals surface area contributed by atoms with Gasteiger partial charge in [0.15, 0.2) is 0 Å². The van der Waals surface area contributed by atoms with Crippen LogP contribution >= 0.6 is 0 Å². The van der Waals surface area contributed by atoms with E-state index in [2.05, 4.69) is 6.92 Å². The van der Waals surface area contributed by atoms with Gasteiger partial charge in [0.1, 0.15) is 0 Å². The van der Waals surface area contributed by atoms with Crippen molar-refractivity contribution in [1.82, 2.24) is 0 Å². The van der Waals surface area contributed by atoms with Gasteiger partial charge in [0.25, 0.3) is 5.97 Å². The van der Waals surface area contributed by atoms with Gasteiger partial charge in [-0.1, -0.05) is 6.92 Å². The zero-order valence-corrected chi connectivity index (χ0v) is 19.7. The minimum atomic E-state index is -1.11. The van der Waals surface area contributed by atoms with E-state index < -0.39 is 39.7 Å². The molecule has 8 nitrogen and oxygen atoms in total. The largest absolute Gasteiger partial charge is 0.431 e. The summed E-state index contributed by atoms with van der Waals surface area (Å²) in [6, 6.07) is 3.21. The lowest BCUT2D eigenvalue weighted by Crippen LogP contribution is -2.83.